The number of hydrogen-bond donors (Lipinski definition) is 2. The van der Waals surface area contributed by atoms with E-state index in [1.165, 1.54) is 20.8 Å². The van der Waals surface area contributed by atoms with Crippen LogP contribution in [0.1, 0.15) is 67.7 Å². The summed E-state index contributed by atoms with van der Waals surface area (Å²) < 4.78 is 16.7. The minimum absolute atomic E-state index is 0.0205. The molecule has 2 N–H and O–H groups in total. The second kappa shape index (κ2) is 9.50. The third-order valence-corrected chi connectivity index (χ3v) is 7.90. The zero-order valence-electron chi connectivity index (χ0n) is 21.4. The zero-order valence-corrected chi connectivity index (χ0v) is 21.4. The number of Topliss-reactive ketones (excluding diaryl/α,β-unsaturated/α-hetero) is 1. The highest BCUT2D eigenvalue weighted by Crippen LogP contribution is 2.53. The molecule has 3 aliphatic rings. The van der Waals surface area contributed by atoms with Gasteiger partial charge >= 0.3 is 17.9 Å². The number of carbonyl (C=O) groups is 4. The molecule has 1 saturated carbocycles. The zero-order chi connectivity index (χ0) is 26.5. The van der Waals surface area contributed by atoms with Crippen molar-refractivity contribution in [2.75, 3.05) is 0 Å². The van der Waals surface area contributed by atoms with E-state index in [0.717, 1.165) is 0 Å². The molecule has 0 amide bonds. The number of esters is 3. The molecule has 0 aromatic heterocycles. The Hall–Kier alpha value is -2.52. The summed E-state index contributed by atoms with van der Waals surface area (Å²) in [4.78, 5) is 50.3. The van der Waals surface area contributed by atoms with Crippen LogP contribution in [0, 0.1) is 16.7 Å². The van der Waals surface area contributed by atoms with Gasteiger partial charge in [0.05, 0.1) is 17.6 Å². The van der Waals surface area contributed by atoms with Gasteiger partial charge in [-0.1, -0.05) is 19.9 Å². The Morgan fingerprint density at radius 1 is 0.943 bits per heavy atom. The van der Waals surface area contributed by atoms with Crippen LogP contribution in [0.5, 0.6) is 0 Å². The molecule has 0 saturated heterocycles. The standard InChI is InChI=1S/C26H36O9/c1-12-20(33-13(2)27)9-17-19(31)8-16-11-26(7,21(10-18(16)30)34-14(3)28)24(32)23(35-15(4)29)22(12)25(17,5)6/h8,17-21,23,30-31H,9-11H2,1-7H3/b16-8+/t17-,18+,19-,20+,21+,23-,26+/m1/s1. The van der Waals surface area contributed by atoms with Crippen LogP contribution in [-0.2, 0) is 33.4 Å². The Kier molecular flexibility index (Phi) is 7.35. The first-order chi connectivity index (χ1) is 16.1. The van der Waals surface area contributed by atoms with E-state index in [1.54, 1.807) is 19.9 Å². The molecule has 0 aromatic carbocycles. The predicted molar refractivity (Wildman–Crippen MR) is 124 cm³/mol. The third kappa shape index (κ3) is 4.93. The van der Waals surface area contributed by atoms with Crippen molar-refractivity contribution in [3.05, 3.63) is 22.8 Å². The number of aliphatic hydroxyl groups is 2. The topological polar surface area (TPSA) is 136 Å². The summed E-state index contributed by atoms with van der Waals surface area (Å²) in [6.45, 7) is 10.8. The van der Waals surface area contributed by atoms with Gasteiger partial charge in [0, 0.05) is 33.1 Å². The molecule has 0 radical (unpaired) electrons. The van der Waals surface area contributed by atoms with E-state index in [-0.39, 0.29) is 19.3 Å². The first-order valence-electron chi connectivity index (χ1n) is 11.9. The van der Waals surface area contributed by atoms with Crippen LogP contribution >= 0.6 is 0 Å². The maximum absolute atomic E-state index is 14.3. The van der Waals surface area contributed by atoms with Crippen LogP contribution in [0.3, 0.4) is 0 Å². The summed E-state index contributed by atoms with van der Waals surface area (Å²) >= 11 is 0. The molecule has 0 heterocycles. The molecule has 0 spiro atoms. The van der Waals surface area contributed by atoms with Crippen molar-refractivity contribution in [1.82, 2.24) is 0 Å². The number of aliphatic hydroxyl groups excluding tert-OH is 2. The van der Waals surface area contributed by atoms with Crippen molar-refractivity contribution in [3.8, 4) is 0 Å². The minimum atomic E-state index is -1.35. The van der Waals surface area contributed by atoms with Gasteiger partial charge in [-0.15, -0.1) is 0 Å². The summed E-state index contributed by atoms with van der Waals surface area (Å²) in [7, 11) is 0. The normalized spacial score (nSPS) is 38.1. The fourth-order valence-electron chi connectivity index (χ4n) is 6.14. The molecule has 1 fully saturated rings. The van der Waals surface area contributed by atoms with E-state index >= 15 is 0 Å². The maximum Gasteiger partial charge on any atom is 0.303 e. The molecule has 0 aromatic rings. The van der Waals surface area contributed by atoms with Crippen LogP contribution < -0.4 is 0 Å². The first-order valence-corrected chi connectivity index (χ1v) is 11.9. The molecule has 0 unspecified atom stereocenters. The van der Waals surface area contributed by atoms with Crippen LogP contribution in [0.4, 0.5) is 0 Å². The highest BCUT2D eigenvalue weighted by Gasteiger charge is 2.57. The molecule has 35 heavy (non-hydrogen) atoms. The van der Waals surface area contributed by atoms with Gasteiger partial charge < -0.3 is 24.4 Å². The molecular weight excluding hydrogens is 456 g/mol. The van der Waals surface area contributed by atoms with Crippen LogP contribution in [0.15, 0.2) is 22.8 Å². The fraction of sp³-hybridized carbons (Fsp3) is 0.692. The number of fused-ring (bicyclic) bond motifs is 4. The summed E-state index contributed by atoms with van der Waals surface area (Å²) in [6, 6.07) is 0. The highest BCUT2D eigenvalue weighted by atomic mass is 16.6. The molecular formula is C26H36O9. The van der Waals surface area contributed by atoms with Gasteiger partial charge in [0.2, 0.25) is 0 Å². The Balaban J connectivity index is 2.32. The number of ether oxygens (including phenoxy) is 3. The lowest BCUT2D eigenvalue weighted by Gasteiger charge is -2.51. The van der Waals surface area contributed by atoms with Crippen molar-refractivity contribution in [1.29, 1.82) is 0 Å². The third-order valence-electron chi connectivity index (χ3n) is 7.90. The molecule has 4 bridgehead atoms. The number of rotatable bonds is 3. The second-order valence-electron chi connectivity index (χ2n) is 10.8. The lowest BCUT2D eigenvalue weighted by molar-refractivity contribution is -0.170. The Morgan fingerprint density at radius 3 is 2.06 bits per heavy atom. The van der Waals surface area contributed by atoms with E-state index in [1.807, 2.05) is 13.8 Å². The average molecular weight is 493 g/mol. The van der Waals surface area contributed by atoms with Crippen molar-refractivity contribution in [2.45, 2.75) is 98.2 Å². The predicted octanol–water partition coefficient (Wildman–Crippen LogP) is 2.18. The smallest absolute Gasteiger partial charge is 0.303 e. The van der Waals surface area contributed by atoms with Gasteiger partial charge in [0.1, 0.15) is 12.2 Å². The lowest BCUT2D eigenvalue weighted by atomic mass is 9.57. The van der Waals surface area contributed by atoms with E-state index in [9.17, 15) is 29.4 Å². The van der Waals surface area contributed by atoms with Crippen molar-refractivity contribution >= 4 is 23.7 Å². The highest BCUT2D eigenvalue weighted by molar-refractivity contribution is 5.94. The maximum atomic E-state index is 14.3. The molecule has 9 nitrogen and oxygen atoms in total. The molecule has 0 aliphatic heterocycles. The van der Waals surface area contributed by atoms with Crippen molar-refractivity contribution < 1.29 is 43.6 Å². The number of carbonyl (C=O) groups excluding carboxylic acids is 4. The Bertz CT molecular complexity index is 991. The Morgan fingerprint density at radius 2 is 1.51 bits per heavy atom. The molecule has 7 atom stereocenters. The second-order valence-corrected chi connectivity index (χ2v) is 10.8. The summed E-state index contributed by atoms with van der Waals surface area (Å²) in [5.74, 6) is -2.78. The van der Waals surface area contributed by atoms with Gasteiger partial charge in [-0.2, -0.15) is 0 Å². The van der Waals surface area contributed by atoms with Crippen molar-refractivity contribution in [3.63, 3.8) is 0 Å². The lowest BCUT2D eigenvalue weighted by Crippen LogP contribution is -2.57. The average Bonchev–Trinajstić information content (AvgIpc) is 2.70. The van der Waals surface area contributed by atoms with Crippen LogP contribution in [-0.4, -0.2) is 64.4 Å². The largest absolute Gasteiger partial charge is 0.461 e. The van der Waals surface area contributed by atoms with E-state index in [2.05, 4.69) is 0 Å². The summed E-state index contributed by atoms with van der Waals surface area (Å²) in [5.41, 5.74) is -0.697. The van der Waals surface area contributed by atoms with Gasteiger partial charge in [0.25, 0.3) is 0 Å². The molecule has 194 valence electrons. The van der Waals surface area contributed by atoms with Gasteiger partial charge in [-0.3, -0.25) is 19.2 Å². The summed E-state index contributed by atoms with van der Waals surface area (Å²) in [6.07, 6.45) is -3.29. The van der Waals surface area contributed by atoms with Gasteiger partial charge in [0.15, 0.2) is 11.9 Å². The van der Waals surface area contributed by atoms with E-state index in [0.29, 0.717) is 16.7 Å². The first kappa shape index (κ1) is 27.1. The summed E-state index contributed by atoms with van der Waals surface area (Å²) in [5, 5.41) is 22.2. The van der Waals surface area contributed by atoms with Gasteiger partial charge in [-0.25, -0.2) is 0 Å². The van der Waals surface area contributed by atoms with Gasteiger partial charge in [-0.05, 0) is 48.8 Å². The van der Waals surface area contributed by atoms with Crippen LogP contribution in [0.2, 0.25) is 0 Å². The number of ketones is 1. The van der Waals surface area contributed by atoms with E-state index < -0.39 is 71.0 Å². The van der Waals surface area contributed by atoms with E-state index in [4.69, 9.17) is 14.2 Å². The Labute approximate surface area is 205 Å². The molecule has 9 heteroatoms. The molecule has 3 aliphatic carbocycles. The van der Waals surface area contributed by atoms with Crippen LogP contribution in [0.25, 0.3) is 0 Å². The monoisotopic (exact) mass is 492 g/mol. The fourth-order valence-corrected chi connectivity index (χ4v) is 6.14. The SMILES string of the molecule is CC(=O)O[C@H]1C(=O)[C@@]2(C)C/C(=C\[C@@H](O)[C@H]3C[C@H](OC(C)=O)C(C)=C1C3(C)C)[C@@H](O)C[C@@H]2OC(C)=O. The number of hydrogen-bond acceptors (Lipinski definition) is 9. The molecule has 3 rings (SSSR count). The quantitative estimate of drug-likeness (QED) is 0.345. The minimum Gasteiger partial charge on any atom is -0.461 e. The van der Waals surface area contributed by atoms with Crippen molar-refractivity contribution in [2.24, 2.45) is 16.7 Å².